The number of aliphatic hydroxyl groups excluding tert-OH is 1. The number of allylic oxidation sites excluding steroid dienone is 1. The van der Waals surface area contributed by atoms with E-state index >= 15 is 0 Å². The number of alkyl halides is 2. The van der Waals surface area contributed by atoms with Crippen LogP contribution in [0, 0.1) is 6.57 Å². The smallest absolute Gasteiger partial charge is 0.435 e. The Labute approximate surface area is 83.2 Å². The fourth-order valence-corrected chi connectivity index (χ4v) is 1.55. The third-order valence-electron chi connectivity index (χ3n) is 1.25. The topological polar surface area (TPSA) is 96.0 Å². The van der Waals surface area contributed by atoms with Crippen LogP contribution in [0.3, 0.4) is 0 Å². The fraction of sp³-hybridized carbons (Fsp3) is 0.333. The van der Waals surface area contributed by atoms with Crippen LogP contribution < -0.4 is 0 Å². The largest absolute Gasteiger partial charge is 0.523 e. The van der Waals surface area contributed by atoms with Gasteiger partial charge in [-0.3, -0.25) is 0 Å². The first kappa shape index (κ1) is 13.3. The van der Waals surface area contributed by atoms with Crippen molar-refractivity contribution in [1.82, 2.24) is 0 Å². The average molecular weight is 241 g/mol. The maximum Gasteiger partial charge on any atom is 0.435 e. The third-order valence-corrected chi connectivity index (χ3v) is 3.00. The molecule has 0 aromatic rings. The van der Waals surface area contributed by atoms with Crippen molar-refractivity contribution in [3.05, 3.63) is 22.2 Å². The molecule has 0 saturated carbocycles. The van der Waals surface area contributed by atoms with E-state index < -0.39 is 31.8 Å². The van der Waals surface area contributed by atoms with Crippen molar-refractivity contribution in [3.8, 4) is 0 Å². The van der Waals surface area contributed by atoms with E-state index in [-0.39, 0.29) is 0 Å². The summed E-state index contributed by atoms with van der Waals surface area (Å²) in [7, 11) is -5.71. The van der Waals surface area contributed by atoms with E-state index in [4.69, 9.17) is 16.8 Å². The molecule has 0 bridgehead atoms. The number of rotatable bonds is 3. The molecule has 0 aliphatic rings. The lowest BCUT2D eigenvalue weighted by Gasteiger charge is -2.11. The van der Waals surface area contributed by atoms with Crippen molar-refractivity contribution in [3.63, 3.8) is 0 Å². The van der Waals surface area contributed by atoms with Crippen molar-refractivity contribution in [1.29, 1.82) is 0 Å². The Hall–Kier alpha value is -1.69. The molecule has 0 aliphatic heterocycles. The first-order chi connectivity index (χ1) is 6.59. The van der Waals surface area contributed by atoms with Crippen LogP contribution in [0.1, 0.15) is 6.92 Å². The minimum absolute atomic E-state index is 0.683. The highest BCUT2D eigenvalue weighted by atomic mass is 32.2. The van der Waals surface area contributed by atoms with Crippen molar-refractivity contribution in [2.24, 2.45) is 0 Å². The lowest BCUT2D eigenvalue weighted by atomic mass is 10.6. The Morgan fingerprint density at radius 3 is 2.00 bits per heavy atom. The minimum Gasteiger partial charge on any atom is -0.523 e. The SMILES string of the molecule is [C-]#[N+]/C(=C(\C)O)S(=O)(=O)C(F)(F)C(=O)O. The zero-order chi connectivity index (χ0) is 12.4. The Morgan fingerprint density at radius 2 is 1.80 bits per heavy atom. The van der Waals surface area contributed by atoms with Gasteiger partial charge in [0.05, 0.1) is 6.57 Å². The first-order valence-corrected chi connectivity index (χ1v) is 4.70. The quantitative estimate of drug-likeness (QED) is 0.561. The highest BCUT2D eigenvalue weighted by molar-refractivity contribution is 7.97. The molecule has 0 radical (unpaired) electrons. The normalized spacial score (nSPS) is 14.0. The van der Waals surface area contributed by atoms with E-state index in [1.165, 1.54) is 0 Å². The predicted molar refractivity (Wildman–Crippen MR) is 43.4 cm³/mol. The fourth-order valence-electron chi connectivity index (χ4n) is 0.572. The Bertz CT molecular complexity index is 454. The number of aliphatic hydroxyl groups is 1. The molecule has 0 rings (SSSR count). The molecule has 84 valence electrons. The molecule has 0 fully saturated rings. The summed E-state index contributed by atoms with van der Waals surface area (Å²) in [6.07, 6.45) is 0. The summed E-state index contributed by atoms with van der Waals surface area (Å²) in [6.45, 7) is 6.95. The second-order valence-corrected chi connectivity index (χ2v) is 4.23. The zero-order valence-corrected chi connectivity index (χ0v) is 8.05. The molecule has 9 heteroatoms. The molecular weight excluding hydrogens is 236 g/mol. The summed E-state index contributed by atoms with van der Waals surface area (Å²) in [4.78, 5) is 12.1. The molecule has 0 atom stereocenters. The maximum absolute atomic E-state index is 12.6. The summed E-state index contributed by atoms with van der Waals surface area (Å²) in [5, 5.41) is 9.79. The van der Waals surface area contributed by atoms with Gasteiger partial charge in [-0.25, -0.2) is 18.1 Å². The van der Waals surface area contributed by atoms with Gasteiger partial charge >= 0.3 is 16.3 Å². The first-order valence-electron chi connectivity index (χ1n) is 3.22. The molecule has 15 heavy (non-hydrogen) atoms. The molecule has 0 aliphatic carbocycles. The number of halogens is 2. The van der Waals surface area contributed by atoms with Gasteiger partial charge in [0.1, 0.15) is 5.76 Å². The molecule has 0 unspecified atom stereocenters. The number of carboxylic acids is 1. The number of carbonyl (C=O) groups is 1. The van der Waals surface area contributed by atoms with Crippen LogP contribution in [0.15, 0.2) is 10.8 Å². The lowest BCUT2D eigenvalue weighted by Crippen LogP contribution is -2.38. The molecule has 0 spiro atoms. The number of nitrogens with zero attached hydrogens (tertiary/aromatic N) is 1. The molecule has 0 aromatic heterocycles. The van der Waals surface area contributed by atoms with Crippen LogP contribution in [0.2, 0.25) is 0 Å². The Balaban J connectivity index is 5.89. The van der Waals surface area contributed by atoms with E-state index in [1.54, 1.807) is 0 Å². The summed E-state index contributed by atoms with van der Waals surface area (Å²) in [5.41, 5.74) is 0. The van der Waals surface area contributed by atoms with Gasteiger partial charge < -0.3 is 10.2 Å². The van der Waals surface area contributed by atoms with Gasteiger partial charge in [0.15, 0.2) is 0 Å². The number of hydrogen-bond donors (Lipinski definition) is 2. The number of sulfone groups is 1. The van der Waals surface area contributed by atoms with E-state index in [1.807, 2.05) is 0 Å². The van der Waals surface area contributed by atoms with Gasteiger partial charge in [-0.15, -0.1) is 0 Å². The number of carboxylic acid groups (broad SMARTS) is 1. The van der Waals surface area contributed by atoms with Crippen LogP contribution in [0.5, 0.6) is 0 Å². The lowest BCUT2D eigenvalue weighted by molar-refractivity contribution is -0.153. The van der Waals surface area contributed by atoms with E-state index in [2.05, 4.69) is 4.85 Å². The molecule has 2 N–H and O–H groups in total. The molecule has 0 saturated heterocycles. The Morgan fingerprint density at radius 1 is 1.40 bits per heavy atom. The van der Waals surface area contributed by atoms with Gasteiger partial charge in [0.2, 0.25) is 0 Å². The molecule has 0 amide bonds. The van der Waals surface area contributed by atoms with Crippen molar-refractivity contribution in [2.45, 2.75) is 12.2 Å². The number of aliphatic carboxylic acids is 1. The van der Waals surface area contributed by atoms with Crippen molar-refractivity contribution >= 4 is 15.8 Å². The van der Waals surface area contributed by atoms with Crippen LogP contribution in [0.25, 0.3) is 4.85 Å². The predicted octanol–water partition coefficient (Wildman–Crippen LogP) is 0.745. The summed E-state index contributed by atoms with van der Waals surface area (Å²) in [5.74, 6) is -4.10. The van der Waals surface area contributed by atoms with Crippen LogP contribution >= 0.6 is 0 Å². The van der Waals surface area contributed by atoms with Gasteiger partial charge in [0.25, 0.3) is 9.84 Å². The van der Waals surface area contributed by atoms with Crippen LogP contribution in [-0.4, -0.2) is 29.9 Å². The molecular formula is C6H5F2NO5S. The van der Waals surface area contributed by atoms with Crippen LogP contribution in [0.4, 0.5) is 8.78 Å². The van der Waals surface area contributed by atoms with Crippen molar-refractivity contribution in [2.75, 3.05) is 0 Å². The summed E-state index contributed by atoms with van der Waals surface area (Å²) < 4.78 is 47.1. The number of hydrogen-bond acceptors (Lipinski definition) is 4. The van der Waals surface area contributed by atoms with Gasteiger partial charge in [-0.2, -0.15) is 8.78 Å². The van der Waals surface area contributed by atoms with Gasteiger partial charge in [-0.05, 0) is 6.92 Å². The third kappa shape index (κ3) is 2.04. The summed E-state index contributed by atoms with van der Waals surface area (Å²) in [6, 6.07) is 0. The highest BCUT2D eigenvalue weighted by Crippen LogP contribution is 2.30. The second-order valence-electron chi connectivity index (χ2n) is 2.33. The summed E-state index contributed by atoms with van der Waals surface area (Å²) >= 11 is 0. The Kier molecular flexibility index (Phi) is 3.39. The maximum atomic E-state index is 12.6. The highest BCUT2D eigenvalue weighted by Gasteiger charge is 2.56. The standard InChI is InChI=1S/C6H5F2NO5S/c1-3(10)4(9-2)15(13,14)6(7,8)5(11)12/h10H,1H3,(H,11,12)/b4-3-. The zero-order valence-electron chi connectivity index (χ0n) is 7.23. The molecule has 0 heterocycles. The van der Waals surface area contributed by atoms with Gasteiger partial charge in [-0.1, -0.05) is 0 Å². The second kappa shape index (κ2) is 3.82. The van der Waals surface area contributed by atoms with Gasteiger partial charge in [0, 0.05) is 0 Å². The van der Waals surface area contributed by atoms with E-state index in [9.17, 15) is 22.0 Å². The average Bonchev–Trinajstić information content (AvgIpc) is 2.03. The molecule has 0 aromatic carbocycles. The van der Waals surface area contributed by atoms with E-state index in [0.717, 1.165) is 0 Å². The monoisotopic (exact) mass is 241 g/mol. The molecule has 6 nitrogen and oxygen atoms in total. The van der Waals surface area contributed by atoms with E-state index in [0.29, 0.717) is 6.92 Å². The van der Waals surface area contributed by atoms with Crippen LogP contribution in [-0.2, 0) is 14.6 Å². The minimum atomic E-state index is -5.71. The van der Waals surface area contributed by atoms with Crippen molar-refractivity contribution < 1.29 is 32.2 Å².